The van der Waals surface area contributed by atoms with Crippen LogP contribution >= 0.6 is 11.3 Å². The Morgan fingerprint density at radius 3 is 2.73 bits per heavy atom. The van der Waals surface area contributed by atoms with Gasteiger partial charge >= 0.3 is 0 Å². The minimum Gasteiger partial charge on any atom is -0.373 e. The molecule has 1 saturated carbocycles. The van der Waals surface area contributed by atoms with Crippen molar-refractivity contribution in [1.82, 2.24) is 29.5 Å². The van der Waals surface area contributed by atoms with Gasteiger partial charge < -0.3 is 16.0 Å². The van der Waals surface area contributed by atoms with Crippen molar-refractivity contribution in [2.45, 2.75) is 39.2 Å². The minimum absolute atomic E-state index is 0.196. The molecule has 1 fully saturated rings. The molecule has 0 saturated heterocycles. The predicted octanol–water partition coefficient (Wildman–Crippen LogP) is 3.02. The molecule has 0 atom stereocenters. The van der Waals surface area contributed by atoms with Gasteiger partial charge in [-0.05, 0) is 45.2 Å². The Morgan fingerprint density at radius 1 is 1.24 bits per heavy atom. The van der Waals surface area contributed by atoms with Gasteiger partial charge in [0.1, 0.15) is 22.9 Å². The van der Waals surface area contributed by atoms with Crippen LogP contribution in [0.5, 0.6) is 0 Å². The van der Waals surface area contributed by atoms with E-state index in [9.17, 15) is 9.59 Å². The predicted molar refractivity (Wildman–Crippen MR) is 128 cm³/mol. The molecule has 0 aliphatic heterocycles. The van der Waals surface area contributed by atoms with Crippen LogP contribution in [0.2, 0.25) is 0 Å². The van der Waals surface area contributed by atoms with Gasteiger partial charge in [-0.1, -0.05) is 0 Å². The third-order valence-electron chi connectivity index (χ3n) is 5.85. The highest BCUT2D eigenvalue weighted by Gasteiger charge is 2.23. The fourth-order valence-electron chi connectivity index (χ4n) is 3.62. The summed E-state index contributed by atoms with van der Waals surface area (Å²) >= 11 is 1.46. The number of nitrogens with zero attached hydrogens (tertiary/aromatic N) is 5. The summed E-state index contributed by atoms with van der Waals surface area (Å²) in [5.41, 5.74) is 1.81. The van der Waals surface area contributed by atoms with Crippen molar-refractivity contribution < 1.29 is 4.79 Å². The molecule has 4 heterocycles. The van der Waals surface area contributed by atoms with Crippen molar-refractivity contribution in [3.05, 3.63) is 57.1 Å². The Bertz CT molecular complexity index is 1400. The van der Waals surface area contributed by atoms with Crippen LogP contribution < -0.4 is 21.5 Å². The molecule has 0 unspecified atom stereocenters. The number of nitrogens with one attached hydrogen (secondary N) is 3. The molecule has 0 spiro atoms. The van der Waals surface area contributed by atoms with E-state index in [0.29, 0.717) is 33.7 Å². The fraction of sp³-hybridized carbons (Fsp3) is 0.318. The molecule has 4 aromatic heterocycles. The first-order chi connectivity index (χ1) is 15.9. The van der Waals surface area contributed by atoms with Gasteiger partial charge in [0, 0.05) is 30.2 Å². The van der Waals surface area contributed by atoms with Gasteiger partial charge in [-0.25, -0.2) is 9.97 Å². The fourth-order valence-corrected chi connectivity index (χ4v) is 4.51. The van der Waals surface area contributed by atoms with Gasteiger partial charge in [-0.15, -0.1) is 11.3 Å². The lowest BCUT2D eigenvalue weighted by atomic mass is 9.93. The molecule has 0 radical (unpaired) electrons. The molecule has 1 aliphatic rings. The normalized spacial score (nSPS) is 13.7. The molecule has 1 aliphatic carbocycles. The summed E-state index contributed by atoms with van der Waals surface area (Å²) in [5, 5.41) is 14.1. The molecule has 5 rings (SSSR count). The molecular formula is C22H24N8O2S. The van der Waals surface area contributed by atoms with Gasteiger partial charge in [0.2, 0.25) is 0 Å². The standard InChI is InChI=1S/C22H24N8O2S/c1-12-13(2)33-22(25-12)29-9-5-8-16(21(29)32)27-17-10-18(23-3)30-19(28-17)15(11-24-30)20(31)26-14-6-4-7-14/h5,8-11,14,23H,4,6-7H2,1-3H3,(H,26,31)(H,27,28). The number of aromatic nitrogens is 5. The number of carbonyl (C=O) groups excluding carboxylic acids is 1. The number of hydrogen-bond donors (Lipinski definition) is 3. The second-order valence-corrected chi connectivity index (χ2v) is 9.21. The van der Waals surface area contributed by atoms with Crippen LogP contribution in [-0.4, -0.2) is 43.1 Å². The molecule has 0 aromatic carbocycles. The van der Waals surface area contributed by atoms with Gasteiger partial charge in [0.15, 0.2) is 10.8 Å². The van der Waals surface area contributed by atoms with E-state index in [2.05, 4.69) is 31.0 Å². The van der Waals surface area contributed by atoms with Crippen LogP contribution in [0.15, 0.2) is 35.4 Å². The van der Waals surface area contributed by atoms with Gasteiger partial charge in [-0.2, -0.15) is 9.61 Å². The number of thiazole rings is 1. The van der Waals surface area contributed by atoms with E-state index < -0.39 is 0 Å². The summed E-state index contributed by atoms with van der Waals surface area (Å²) < 4.78 is 3.09. The van der Waals surface area contributed by atoms with Gasteiger partial charge in [0.05, 0.1) is 11.9 Å². The van der Waals surface area contributed by atoms with Gasteiger partial charge in [-0.3, -0.25) is 14.2 Å². The Labute approximate surface area is 193 Å². The van der Waals surface area contributed by atoms with E-state index in [4.69, 9.17) is 0 Å². The first-order valence-corrected chi connectivity index (χ1v) is 11.6. The first-order valence-electron chi connectivity index (χ1n) is 10.7. The van der Waals surface area contributed by atoms with E-state index in [1.54, 1.807) is 36.0 Å². The van der Waals surface area contributed by atoms with Crippen molar-refractivity contribution >= 4 is 40.2 Å². The average molecular weight is 465 g/mol. The van der Waals surface area contributed by atoms with Crippen molar-refractivity contribution in [2.24, 2.45) is 0 Å². The molecule has 1 amide bonds. The van der Waals surface area contributed by atoms with Crippen molar-refractivity contribution in [3.63, 3.8) is 0 Å². The molecular weight excluding hydrogens is 440 g/mol. The molecule has 10 nitrogen and oxygen atoms in total. The second-order valence-electron chi connectivity index (χ2n) is 8.03. The van der Waals surface area contributed by atoms with Crippen LogP contribution in [-0.2, 0) is 0 Å². The number of pyridine rings is 1. The molecule has 170 valence electrons. The summed E-state index contributed by atoms with van der Waals surface area (Å²) in [6.45, 7) is 3.90. The number of rotatable bonds is 6. The summed E-state index contributed by atoms with van der Waals surface area (Å²) in [6, 6.07) is 5.42. The lowest BCUT2D eigenvalue weighted by molar-refractivity contribution is 0.0918. The Morgan fingerprint density at radius 2 is 2.06 bits per heavy atom. The van der Waals surface area contributed by atoms with Crippen molar-refractivity contribution in [1.29, 1.82) is 0 Å². The maximum Gasteiger partial charge on any atom is 0.280 e. The van der Waals surface area contributed by atoms with E-state index in [1.807, 2.05) is 13.8 Å². The maximum absolute atomic E-state index is 13.1. The lowest BCUT2D eigenvalue weighted by Crippen LogP contribution is -2.39. The molecule has 33 heavy (non-hydrogen) atoms. The number of anilines is 3. The van der Waals surface area contributed by atoms with Crippen LogP contribution in [0.4, 0.5) is 17.3 Å². The highest BCUT2D eigenvalue weighted by atomic mass is 32.1. The second kappa shape index (κ2) is 8.32. The van der Waals surface area contributed by atoms with Crippen LogP contribution in [0.1, 0.15) is 40.2 Å². The Kier molecular flexibility index (Phi) is 5.33. The van der Waals surface area contributed by atoms with Crippen molar-refractivity contribution in [2.75, 3.05) is 17.7 Å². The molecule has 4 aromatic rings. The number of hydrogen-bond acceptors (Lipinski definition) is 8. The third-order valence-corrected chi connectivity index (χ3v) is 6.92. The van der Waals surface area contributed by atoms with Gasteiger partial charge in [0.25, 0.3) is 11.5 Å². The quantitative estimate of drug-likeness (QED) is 0.401. The summed E-state index contributed by atoms with van der Waals surface area (Å²) in [5.74, 6) is 0.858. The largest absolute Gasteiger partial charge is 0.373 e. The molecule has 0 bridgehead atoms. The average Bonchev–Trinajstić information content (AvgIpc) is 3.34. The molecule has 3 N–H and O–H groups in total. The van der Waals surface area contributed by atoms with Crippen molar-refractivity contribution in [3.8, 4) is 5.13 Å². The highest BCUT2D eigenvalue weighted by molar-refractivity contribution is 7.14. The number of carbonyl (C=O) groups is 1. The first kappa shape index (κ1) is 21.1. The van der Waals surface area contributed by atoms with Crippen LogP contribution in [0, 0.1) is 13.8 Å². The SMILES string of the molecule is CNc1cc(Nc2cccn(-c3nc(C)c(C)s3)c2=O)nc2c(C(=O)NC3CCC3)cnn12. The topological polar surface area (TPSA) is 118 Å². The number of fused-ring (bicyclic) bond motifs is 1. The molecule has 11 heteroatoms. The van der Waals surface area contributed by atoms with E-state index in [1.165, 1.54) is 22.1 Å². The summed E-state index contributed by atoms with van der Waals surface area (Å²) in [6.07, 6.45) is 6.33. The van der Waals surface area contributed by atoms with E-state index in [0.717, 1.165) is 29.8 Å². The number of amides is 1. The summed E-state index contributed by atoms with van der Waals surface area (Å²) in [4.78, 5) is 36.1. The minimum atomic E-state index is -0.240. The maximum atomic E-state index is 13.1. The lowest BCUT2D eigenvalue weighted by Gasteiger charge is -2.26. The van der Waals surface area contributed by atoms with E-state index in [-0.39, 0.29) is 17.5 Å². The van der Waals surface area contributed by atoms with E-state index >= 15 is 0 Å². The zero-order valence-electron chi connectivity index (χ0n) is 18.5. The van der Waals surface area contributed by atoms with Crippen LogP contribution in [0.3, 0.4) is 0 Å². The highest BCUT2D eigenvalue weighted by Crippen LogP contribution is 2.23. The Balaban J connectivity index is 1.51. The summed E-state index contributed by atoms with van der Waals surface area (Å²) in [7, 11) is 1.76. The third kappa shape index (κ3) is 3.84. The van der Waals surface area contributed by atoms with Crippen LogP contribution in [0.25, 0.3) is 10.8 Å². The zero-order valence-corrected chi connectivity index (χ0v) is 19.4. The monoisotopic (exact) mass is 464 g/mol. The number of aryl methyl sites for hydroxylation is 2. The Hall–Kier alpha value is -3.73. The zero-order chi connectivity index (χ0) is 23.1. The smallest absolute Gasteiger partial charge is 0.280 e.